The van der Waals surface area contributed by atoms with Gasteiger partial charge in [0.2, 0.25) is 11.6 Å². The van der Waals surface area contributed by atoms with Crippen LogP contribution < -0.4 is 10.1 Å². The third-order valence-corrected chi connectivity index (χ3v) is 11.5. The summed E-state index contributed by atoms with van der Waals surface area (Å²) >= 11 is 0. The monoisotopic (exact) mass is 727 g/mol. The summed E-state index contributed by atoms with van der Waals surface area (Å²) in [7, 11) is -3.98. The van der Waals surface area contributed by atoms with E-state index >= 15 is 0 Å². The van der Waals surface area contributed by atoms with E-state index in [4.69, 9.17) is 4.74 Å². The number of phenols is 1. The lowest BCUT2D eigenvalue weighted by Crippen LogP contribution is -2.44. The molecule has 7 nitrogen and oxygen atoms in total. The Balaban J connectivity index is 1.61. The largest absolute Gasteiger partial charge is 0.508 e. The van der Waals surface area contributed by atoms with Crippen molar-refractivity contribution in [2.45, 2.75) is 119 Å². The molecule has 1 aromatic carbocycles. The number of Topliss-reactive ketones (excluding diaryl/α,β-unsaturated/α-hetero) is 2. The van der Waals surface area contributed by atoms with Crippen molar-refractivity contribution in [2.24, 2.45) is 0 Å². The fraction of sp³-hybridized carbons (Fsp3) is 0.455. The summed E-state index contributed by atoms with van der Waals surface area (Å²) in [5.41, 5.74) is 8.25. The number of ketones is 2. The maximum absolute atomic E-state index is 14.1. The van der Waals surface area contributed by atoms with E-state index in [1.807, 2.05) is 13.0 Å². The van der Waals surface area contributed by atoms with Crippen LogP contribution in [0.15, 0.2) is 98.2 Å². The molecule has 4 rings (SSSR count). The molecule has 2 N–H and O–H groups in total. The summed E-state index contributed by atoms with van der Waals surface area (Å²) in [6.07, 6.45) is 20.0. The SMILES string of the molecule is CC(C)=CCC/C(C)=C/CC/C(C)=C/Cc1cc2c(cc1O)C1=C(C(=O)C3=C(C1=O)S(=O)(=O)CCN3)C(/C=C(\C)CC/C=C(\C)CCC=C(C)C)O2. The first-order valence-electron chi connectivity index (χ1n) is 18.6. The normalized spacial score (nSPS) is 19.0. The molecular formula is C44H57NO6S. The molecule has 0 saturated carbocycles. The molecular weight excluding hydrogens is 671 g/mol. The zero-order valence-corrected chi connectivity index (χ0v) is 33.2. The number of rotatable bonds is 15. The molecule has 0 fully saturated rings. The Morgan fingerprint density at radius 1 is 0.769 bits per heavy atom. The minimum atomic E-state index is -3.98. The van der Waals surface area contributed by atoms with Crippen molar-refractivity contribution >= 4 is 27.0 Å². The minimum absolute atomic E-state index is 0.0124. The maximum Gasteiger partial charge on any atom is 0.211 e. The van der Waals surface area contributed by atoms with Crippen molar-refractivity contribution in [2.75, 3.05) is 12.3 Å². The topological polar surface area (TPSA) is 110 Å². The average molecular weight is 728 g/mol. The standard InChI is InChI=1S/C44H57NO6S/c1-28(2)13-9-15-30(5)17-11-19-32(7)21-22-34-26-37-35(27-36(34)46)39-40(42(47)41-44(43(39)48)52(49,50)24-23-45-41)38(51-37)25-33(8)20-12-18-31(6)16-10-14-29(3)4/h13-14,17-18,21,25-27,38,45-46H,9-12,15-16,19-20,22-24H2,1-8H3/b30-17+,31-18+,32-21+,33-25+. The van der Waals surface area contributed by atoms with E-state index in [0.717, 1.165) is 56.9 Å². The number of nitrogens with one attached hydrogen (secondary N) is 1. The van der Waals surface area contributed by atoms with Crippen molar-refractivity contribution in [3.8, 4) is 11.5 Å². The highest BCUT2D eigenvalue weighted by Crippen LogP contribution is 2.46. The van der Waals surface area contributed by atoms with Crippen molar-refractivity contribution in [3.63, 3.8) is 0 Å². The second kappa shape index (κ2) is 18.0. The van der Waals surface area contributed by atoms with Crippen molar-refractivity contribution < 1.29 is 27.9 Å². The van der Waals surface area contributed by atoms with Crippen LogP contribution in [0.25, 0.3) is 5.57 Å². The van der Waals surface area contributed by atoms with E-state index in [1.54, 1.807) is 6.07 Å². The zero-order chi connectivity index (χ0) is 38.2. The van der Waals surface area contributed by atoms with Gasteiger partial charge in [-0.05, 0) is 131 Å². The molecule has 0 spiro atoms. The number of hydrogen-bond acceptors (Lipinski definition) is 7. The van der Waals surface area contributed by atoms with Crippen LogP contribution in [0.5, 0.6) is 11.5 Å². The third kappa shape index (κ3) is 10.5. The Bertz CT molecular complexity index is 1940. The van der Waals surface area contributed by atoms with Gasteiger partial charge in [0.25, 0.3) is 0 Å². The van der Waals surface area contributed by atoms with Gasteiger partial charge in [-0.1, -0.05) is 63.8 Å². The lowest BCUT2D eigenvalue weighted by molar-refractivity contribution is -0.116. The Hall–Kier alpha value is -4.17. The maximum atomic E-state index is 14.1. The average Bonchev–Trinajstić information content (AvgIpc) is 3.05. The quantitative estimate of drug-likeness (QED) is 0.137. The molecule has 1 unspecified atom stereocenters. The number of fused-ring (bicyclic) bond motifs is 2. The molecule has 0 bridgehead atoms. The summed E-state index contributed by atoms with van der Waals surface area (Å²) in [6.45, 7) is 16.8. The number of ether oxygens (including phenoxy) is 1. The number of carbonyl (C=O) groups is 2. The summed E-state index contributed by atoms with van der Waals surface area (Å²) in [6, 6.07) is 3.16. The molecule has 8 heteroatoms. The molecule has 1 aliphatic carbocycles. The van der Waals surface area contributed by atoms with E-state index < -0.39 is 32.4 Å². The summed E-state index contributed by atoms with van der Waals surface area (Å²) in [5.74, 6) is -1.29. The van der Waals surface area contributed by atoms with Gasteiger partial charge in [0, 0.05) is 23.2 Å². The Morgan fingerprint density at radius 3 is 1.88 bits per heavy atom. The summed E-state index contributed by atoms with van der Waals surface area (Å²) in [4.78, 5) is 27.6. The highest BCUT2D eigenvalue weighted by atomic mass is 32.2. The van der Waals surface area contributed by atoms with Crippen molar-refractivity contribution in [1.82, 2.24) is 5.32 Å². The second-order valence-electron chi connectivity index (χ2n) is 15.0. The van der Waals surface area contributed by atoms with Gasteiger partial charge < -0.3 is 15.2 Å². The van der Waals surface area contributed by atoms with Gasteiger partial charge in [-0.25, -0.2) is 8.42 Å². The van der Waals surface area contributed by atoms with Crippen LogP contribution in [-0.4, -0.2) is 43.5 Å². The first-order chi connectivity index (χ1) is 24.6. The van der Waals surface area contributed by atoms with E-state index in [2.05, 4.69) is 84.2 Å². The lowest BCUT2D eigenvalue weighted by atomic mass is 9.81. The number of aromatic hydroxyl groups is 1. The van der Waals surface area contributed by atoms with E-state index in [0.29, 0.717) is 17.7 Å². The van der Waals surface area contributed by atoms with Gasteiger partial charge in [0.1, 0.15) is 28.2 Å². The number of sulfone groups is 1. The Labute approximate surface area is 311 Å². The van der Waals surface area contributed by atoms with Crippen LogP contribution in [0.4, 0.5) is 0 Å². The molecule has 2 aliphatic heterocycles. The molecule has 0 saturated heterocycles. The second-order valence-corrected chi connectivity index (χ2v) is 17.0. The fourth-order valence-corrected chi connectivity index (χ4v) is 8.13. The summed E-state index contributed by atoms with van der Waals surface area (Å²) < 4.78 is 32.8. The molecule has 0 radical (unpaired) electrons. The van der Waals surface area contributed by atoms with Crippen molar-refractivity contribution in [3.05, 3.63) is 109 Å². The van der Waals surface area contributed by atoms with E-state index in [1.165, 1.54) is 33.9 Å². The van der Waals surface area contributed by atoms with Gasteiger partial charge in [-0.2, -0.15) is 0 Å². The van der Waals surface area contributed by atoms with Gasteiger partial charge in [0.15, 0.2) is 9.84 Å². The number of benzene rings is 1. The molecule has 1 atom stereocenters. The first kappa shape index (κ1) is 40.6. The Kier molecular flexibility index (Phi) is 14.1. The molecule has 1 aromatic rings. The van der Waals surface area contributed by atoms with Gasteiger partial charge >= 0.3 is 0 Å². The predicted octanol–water partition coefficient (Wildman–Crippen LogP) is 9.67. The molecule has 52 heavy (non-hydrogen) atoms. The van der Waals surface area contributed by atoms with Crippen LogP contribution in [0, 0.1) is 0 Å². The number of allylic oxidation sites excluding steroid dienone is 14. The highest BCUT2D eigenvalue weighted by Gasteiger charge is 2.47. The fourth-order valence-electron chi connectivity index (χ4n) is 6.69. The molecule has 280 valence electrons. The number of phenolic OH excluding ortho intramolecular Hbond substituents is 1. The van der Waals surface area contributed by atoms with Crippen LogP contribution in [0.3, 0.4) is 0 Å². The first-order valence-corrected chi connectivity index (χ1v) is 20.2. The van der Waals surface area contributed by atoms with Crippen LogP contribution in [-0.2, 0) is 25.8 Å². The third-order valence-electron chi connectivity index (χ3n) is 9.73. The van der Waals surface area contributed by atoms with Gasteiger partial charge in [0.05, 0.1) is 11.3 Å². The van der Waals surface area contributed by atoms with E-state index in [-0.39, 0.29) is 40.5 Å². The van der Waals surface area contributed by atoms with Crippen molar-refractivity contribution in [1.29, 1.82) is 0 Å². The van der Waals surface area contributed by atoms with E-state index in [9.17, 15) is 23.1 Å². The van der Waals surface area contributed by atoms with Gasteiger partial charge in [-0.15, -0.1) is 0 Å². The summed E-state index contributed by atoms with van der Waals surface area (Å²) in [5, 5.41) is 14.1. The number of hydrogen-bond donors (Lipinski definition) is 2. The lowest BCUT2D eigenvalue weighted by Gasteiger charge is -2.34. The van der Waals surface area contributed by atoms with Gasteiger partial charge in [-0.3, -0.25) is 9.59 Å². The van der Waals surface area contributed by atoms with Crippen LogP contribution in [0.2, 0.25) is 0 Å². The predicted molar refractivity (Wildman–Crippen MR) is 213 cm³/mol. The number of carbonyl (C=O) groups excluding carboxylic acids is 2. The molecule has 2 heterocycles. The van der Waals surface area contributed by atoms with Crippen LogP contribution in [0.1, 0.15) is 118 Å². The van der Waals surface area contributed by atoms with Crippen LogP contribution >= 0.6 is 0 Å². The minimum Gasteiger partial charge on any atom is -0.508 e. The molecule has 0 aromatic heterocycles. The zero-order valence-electron chi connectivity index (χ0n) is 32.4. The molecule has 3 aliphatic rings. The smallest absolute Gasteiger partial charge is 0.211 e. The Morgan fingerprint density at radius 2 is 1.31 bits per heavy atom. The molecule has 0 amide bonds. The highest BCUT2D eigenvalue weighted by molar-refractivity contribution is 7.96.